The van der Waals surface area contributed by atoms with Gasteiger partial charge < -0.3 is 15.8 Å². The second kappa shape index (κ2) is 6.88. The van der Waals surface area contributed by atoms with Crippen LogP contribution in [-0.2, 0) is 4.74 Å². The van der Waals surface area contributed by atoms with Gasteiger partial charge in [0.05, 0.1) is 5.60 Å². The Hall–Kier alpha value is -0.120. The van der Waals surface area contributed by atoms with Crippen molar-refractivity contribution in [3.05, 3.63) is 0 Å². The quantitative estimate of drug-likeness (QED) is 0.765. The molecule has 0 bridgehead atoms. The van der Waals surface area contributed by atoms with Crippen molar-refractivity contribution in [1.29, 1.82) is 0 Å². The van der Waals surface area contributed by atoms with Crippen LogP contribution in [0.3, 0.4) is 0 Å². The number of ether oxygens (including phenoxy) is 1. The highest BCUT2D eigenvalue weighted by molar-refractivity contribution is 4.85. The number of nitrogens with one attached hydrogen (secondary N) is 1. The molecule has 0 aromatic heterocycles. The molecule has 0 aromatic rings. The van der Waals surface area contributed by atoms with Gasteiger partial charge in [-0.3, -0.25) is 0 Å². The summed E-state index contributed by atoms with van der Waals surface area (Å²) in [7, 11) is 0. The van der Waals surface area contributed by atoms with Crippen LogP contribution in [0.25, 0.3) is 0 Å². The van der Waals surface area contributed by atoms with E-state index in [9.17, 15) is 0 Å². The molecular weight excluding hydrogens is 224 g/mol. The van der Waals surface area contributed by atoms with Gasteiger partial charge in [0.25, 0.3) is 0 Å². The predicted octanol–water partition coefficient (Wildman–Crippen LogP) is 2.44. The second-order valence-corrected chi connectivity index (χ2v) is 6.46. The minimum Gasteiger partial charge on any atom is -0.374 e. The molecule has 106 valence electrons. The lowest BCUT2D eigenvalue weighted by atomic mass is 9.84. The molecule has 2 unspecified atom stereocenters. The van der Waals surface area contributed by atoms with Gasteiger partial charge in [0.15, 0.2) is 0 Å². The van der Waals surface area contributed by atoms with Gasteiger partial charge >= 0.3 is 0 Å². The molecule has 1 heterocycles. The van der Waals surface area contributed by atoms with Crippen molar-refractivity contribution in [2.45, 2.75) is 69.9 Å². The van der Waals surface area contributed by atoms with Gasteiger partial charge in [0.1, 0.15) is 0 Å². The Balaban J connectivity index is 1.71. The fourth-order valence-electron chi connectivity index (χ4n) is 3.42. The minimum absolute atomic E-state index is 0.0555. The maximum Gasteiger partial charge on any atom is 0.0779 e. The Labute approximate surface area is 112 Å². The summed E-state index contributed by atoms with van der Waals surface area (Å²) < 4.78 is 5.82. The first kappa shape index (κ1) is 14.3. The standard InChI is InChI=1S/C15H30N2O/c1-15(8-5-9-18-15)12-17-14(11-16)10-13-6-3-2-4-7-13/h13-14,17H,2-12,16H2,1H3. The van der Waals surface area contributed by atoms with Crippen LogP contribution in [0.4, 0.5) is 0 Å². The molecular formula is C15H30N2O. The molecule has 1 aliphatic carbocycles. The van der Waals surface area contributed by atoms with Gasteiger partial charge in [0.2, 0.25) is 0 Å². The lowest BCUT2D eigenvalue weighted by Gasteiger charge is -2.30. The third-order valence-corrected chi connectivity index (χ3v) is 4.69. The van der Waals surface area contributed by atoms with Crippen molar-refractivity contribution in [2.75, 3.05) is 19.7 Å². The molecule has 1 saturated heterocycles. The zero-order valence-electron chi connectivity index (χ0n) is 11.9. The fraction of sp³-hybridized carbons (Fsp3) is 1.00. The maximum atomic E-state index is 5.91. The molecule has 3 heteroatoms. The largest absolute Gasteiger partial charge is 0.374 e. The Morgan fingerprint density at radius 3 is 2.67 bits per heavy atom. The van der Waals surface area contributed by atoms with E-state index in [1.165, 1.54) is 51.4 Å². The Morgan fingerprint density at radius 2 is 2.06 bits per heavy atom. The van der Waals surface area contributed by atoms with E-state index in [0.29, 0.717) is 6.04 Å². The predicted molar refractivity (Wildman–Crippen MR) is 75.6 cm³/mol. The molecule has 2 atom stereocenters. The monoisotopic (exact) mass is 254 g/mol. The summed E-state index contributed by atoms with van der Waals surface area (Å²) in [6.45, 7) is 4.86. The Morgan fingerprint density at radius 1 is 1.28 bits per heavy atom. The highest BCUT2D eigenvalue weighted by atomic mass is 16.5. The number of hydrogen-bond acceptors (Lipinski definition) is 3. The van der Waals surface area contributed by atoms with Crippen LogP contribution in [0.15, 0.2) is 0 Å². The summed E-state index contributed by atoms with van der Waals surface area (Å²) in [5.41, 5.74) is 5.97. The van der Waals surface area contributed by atoms with Gasteiger partial charge in [-0.2, -0.15) is 0 Å². The molecule has 2 rings (SSSR count). The topological polar surface area (TPSA) is 47.3 Å². The van der Waals surface area contributed by atoms with Crippen LogP contribution in [0.2, 0.25) is 0 Å². The normalized spacial score (nSPS) is 31.7. The smallest absolute Gasteiger partial charge is 0.0779 e. The second-order valence-electron chi connectivity index (χ2n) is 6.46. The van der Waals surface area contributed by atoms with Crippen LogP contribution < -0.4 is 11.1 Å². The third kappa shape index (κ3) is 4.22. The minimum atomic E-state index is 0.0555. The lowest BCUT2D eigenvalue weighted by molar-refractivity contribution is 0.0182. The Bertz CT molecular complexity index is 233. The lowest BCUT2D eigenvalue weighted by Crippen LogP contribution is -2.46. The van der Waals surface area contributed by atoms with Crippen LogP contribution >= 0.6 is 0 Å². The van der Waals surface area contributed by atoms with E-state index < -0.39 is 0 Å². The van der Waals surface area contributed by atoms with E-state index in [1.54, 1.807) is 0 Å². The molecule has 3 nitrogen and oxygen atoms in total. The number of rotatable bonds is 6. The van der Waals surface area contributed by atoms with E-state index in [1.807, 2.05) is 0 Å². The molecule has 2 aliphatic rings. The van der Waals surface area contributed by atoms with Crippen LogP contribution in [0.5, 0.6) is 0 Å². The van der Waals surface area contributed by atoms with Crippen molar-refractivity contribution in [3.8, 4) is 0 Å². The summed E-state index contributed by atoms with van der Waals surface area (Å²) in [6, 6.07) is 0.481. The van der Waals surface area contributed by atoms with E-state index in [4.69, 9.17) is 10.5 Å². The van der Waals surface area contributed by atoms with Crippen LogP contribution in [0.1, 0.15) is 58.3 Å². The zero-order valence-corrected chi connectivity index (χ0v) is 11.9. The molecule has 1 saturated carbocycles. The summed E-state index contributed by atoms with van der Waals surface area (Å²) >= 11 is 0. The van der Waals surface area contributed by atoms with Gasteiger partial charge in [-0.15, -0.1) is 0 Å². The average molecular weight is 254 g/mol. The summed E-state index contributed by atoms with van der Waals surface area (Å²) in [4.78, 5) is 0. The molecule has 18 heavy (non-hydrogen) atoms. The summed E-state index contributed by atoms with van der Waals surface area (Å²) in [6.07, 6.45) is 10.7. The fourth-order valence-corrected chi connectivity index (χ4v) is 3.42. The molecule has 2 fully saturated rings. The first-order valence-electron chi connectivity index (χ1n) is 7.79. The highest BCUT2D eigenvalue weighted by Crippen LogP contribution is 2.28. The number of hydrogen-bond donors (Lipinski definition) is 2. The van der Waals surface area contributed by atoms with E-state index in [0.717, 1.165) is 25.6 Å². The molecule has 1 aliphatic heterocycles. The maximum absolute atomic E-state index is 5.91. The van der Waals surface area contributed by atoms with E-state index in [-0.39, 0.29) is 5.60 Å². The van der Waals surface area contributed by atoms with Crippen molar-refractivity contribution in [1.82, 2.24) is 5.32 Å². The van der Waals surface area contributed by atoms with Crippen molar-refractivity contribution in [2.24, 2.45) is 11.7 Å². The van der Waals surface area contributed by atoms with E-state index >= 15 is 0 Å². The summed E-state index contributed by atoms with van der Waals surface area (Å²) in [5, 5.41) is 3.65. The van der Waals surface area contributed by atoms with Crippen LogP contribution in [0, 0.1) is 5.92 Å². The Kier molecular flexibility index (Phi) is 5.46. The zero-order chi connectivity index (χ0) is 12.8. The van der Waals surface area contributed by atoms with Gasteiger partial charge in [-0.25, -0.2) is 0 Å². The SMILES string of the molecule is CC1(CNC(CN)CC2CCCCC2)CCCO1. The van der Waals surface area contributed by atoms with Crippen molar-refractivity contribution < 1.29 is 4.74 Å². The molecule has 0 spiro atoms. The molecule has 0 radical (unpaired) electrons. The third-order valence-electron chi connectivity index (χ3n) is 4.69. The van der Waals surface area contributed by atoms with Gasteiger partial charge in [0, 0.05) is 25.7 Å². The average Bonchev–Trinajstić information content (AvgIpc) is 2.83. The number of nitrogens with two attached hydrogens (primary N) is 1. The first-order valence-corrected chi connectivity index (χ1v) is 7.79. The van der Waals surface area contributed by atoms with Crippen LogP contribution in [-0.4, -0.2) is 31.3 Å². The summed E-state index contributed by atoms with van der Waals surface area (Å²) in [5.74, 6) is 0.900. The van der Waals surface area contributed by atoms with Gasteiger partial charge in [-0.05, 0) is 32.1 Å². The van der Waals surface area contributed by atoms with E-state index in [2.05, 4.69) is 12.2 Å². The van der Waals surface area contributed by atoms with Gasteiger partial charge in [-0.1, -0.05) is 32.1 Å². The molecule has 0 amide bonds. The molecule has 3 N–H and O–H groups in total. The first-order chi connectivity index (χ1) is 8.72. The van der Waals surface area contributed by atoms with Crippen molar-refractivity contribution in [3.63, 3.8) is 0 Å². The van der Waals surface area contributed by atoms with Crippen molar-refractivity contribution >= 4 is 0 Å². The molecule has 0 aromatic carbocycles. The highest BCUT2D eigenvalue weighted by Gasteiger charge is 2.30.